The topological polar surface area (TPSA) is 34.1 Å². The van der Waals surface area contributed by atoms with E-state index in [1.807, 2.05) is 0 Å². The molecule has 0 aromatic carbocycles. The minimum atomic E-state index is -0.0160. The summed E-state index contributed by atoms with van der Waals surface area (Å²) in [7, 11) is 0. The van der Waals surface area contributed by atoms with Gasteiger partial charge >= 0.3 is 0 Å². The minimum absolute atomic E-state index is 0.0160. The number of hydrogen-bond acceptors (Lipinski definition) is 2. The molecule has 0 aliphatic heterocycles. The molecule has 0 bridgehead atoms. The van der Waals surface area contributed by atoms with E-state index in [4.69, 9.17) is 0 Å². The molecule has 62 valence electrons. The Morgan fingerprint density at radius 3 is 2.18 bits per heavy atom. The Balaban J connectivity index is 2.40. The van der Waals surface area contributed by atoms with Gasteiger partial charge < -0.3 is 0 Å². The van der Waals surface area contributed by atoms with E-state index in [2.05, 4.69) is 13.8 Å². The Kier molecular flexibility index (Phi) is 1.87. The van der Waals surface area contributed by atoms with Gasteiger partial charge in [-0.3, -0.25) is 9.59 Å². The van der Waals surface area contributed by atoms with Crippen molar-refractivity contribution in [2.45, 2.75) is 33.6 Å². The molecule has 1 aliphatic rings. The SMILES string of the molecule is CC(=O)CC(=O)C1CC1(C)C. The standard InChI is InChI=1S/C9H14O2/c1-6(10)4-8(11)7-5-9(7,2)3/h7H,4-5H2,1-3H3. The molecule has 0 spiro atoms. The average Bonchev–Trinajstić information content (AvgIpc) is 2.38. The predicted octanol–water partition coefficient (Wildman–Crippen LogP) is 1.58. The van der Waals surface area contributed by atoms with Gasteiger partial charge in [-0.15, -0.1) is 0 Å². The number of rotatable bonds is 3. The fourth-order valence-corrected chi connectivity index (χ4v) is 1.39. The third kappa shape index (κ3) is 1.88. The van der Waals surface area contributed by atoms with Crippen LogP contribution < -0.4 is 0 Å². The molecule has 0 aromatic rings. The second-order valence-electron chi connectivity index (χ2n) is 4.09. The van der Waals surface area contributed by atoms with Crippen LogP contribution in [0.25, 0.3) is 0 Å². The Morgan fingerprint density at radius 1 is 1.45 bits per heavy atom. The molecular weight excluding hydrogens is 140 g/mol. The van der Waals surface area contributed by atoms with Gasteiger partial charge in [0.25, 0.3) is 0 Å². The Morgan fingerprint density at radius 2 is 1.91 bits per heavy atom. The fraction of sp³-hybridized carbons (Fsp3) is 0.778. The quantitative estimate of drug-likeness (QED) is 0.578. The average molecular weight is 154 g/mol. The van der Waals surface area contributed by atoms with Crippen molar-refractivity contribution in [1.29, 1.82) is 0 Å². The molecule has 1 saturated carbocycles. The monoisotopic (exact) mass is 154 g/mol. The van der Waals surface area contributed by atoms with E-state index >= 15 is 0 Å². The number of hydrogen-bond donors (Lipinski definition) is 0. The largest absolute Gasteiger partial charge is 0.300 e. The van der Waals surface area contributed by atoms with Crippen LogP contribution in [-0.2, 0) is 9.59 Å². The van der Waals surface area contributed by atoms with Gasteiger partial charge in [0.2, 0.25) is 0 Å². The van der Waals surface area contributed by atoms with Crippen molar-refractivity contribution in [3.05, 3.63) is 0 Å². The van der Waals surface area contributed by atoms with Crippen molar-refractivity contribution < 1.29 is 9.59 Å². The van der Waals surface area contributed by atoms with Crippen LogP contribution in [0.3, 0.4) is 0 Å². The van der Waals surface area contributed by atoms with Gasteiger partial charge in [0, 0.05) is 5.92 Å². The van der Waals surface area contributed by atoms with E-state index in [0.29, 0.717) is 0 Å². The van der Waals surface area contributed by atoms with Crippen LogP contribution in [0.4, 0.5) is 0 Å². The molecule has 0 amide bonds. The van der Waals surface area contributed by atoms with Crippen molar-refractivity contribution in [3.63, 3.8) is 0 Å². The molecule has 0 aromatic heterocycles. The van der Waals surface area contributed by atoms with Gasteiger partial charge in [-0.25, -0.2) is 0 Å². The molecule has 1 unspecified atom stereocenters. The van der Waals surface area contributed by atoms with Gasteiger partial charge in [0.15, 0.2) is 0 Å². The van der Waals surface area contributed by atoms with Crippen LogP contribution in [0.1, 0.15) is 33.6 Å². The van der Waals surface area contributed by atoms with Crippen LogP contribution in [0.5, 0.6) is 0 Å². The predicted molar refractivity (Wildman–Crippen MR) is 42.2 cm³/mol. The molecule has 0 saturated heterocycles. The molecule has 2 nitrogen and oxygen atoms in total. The zero-order chi connectivity index (χ0) is 8.65. The summed E-state index contributed by atoms with van der Waals surface area (Å²) in [4.78, 5) is 21.8. The summed E-state index contributed by atoms with van der Waals surface area (Å²) in [6.07, 6.45) is 1.09. The summed E-state index contributed by atoms with van der Waals surface area (Å²) in [5.74, 6) is 0.270. The Labute approximate surface area is 67.0 Å². The minimum Gasteiger partial charge on any atom is -0.300 e. The molecule has 1 rings (SSSR count). The van der Waals surface area contributed by atoms with Crippen LogP contribution in [0.15, 0.2) is 0 Å². The van der Waals surface area contributed by atoms with Gasteiger partial charge in [0.1, 0.15) is 11.6 Å². The van der Waals surface area contributed by atoms with Crippen LogP contribution >= 0.6 is 0 Å². The Hall–Kier alpha value is -0.660. The van der Waals surface area contributed by atoms with Crippen LogP contribution in [-0.4, -0.2) is 11.6 Å². The van der Waals surface area contributed by atoms with Gasteiger partial charge in [-0.05, 0) is 18.8 Å². The summed E-state index contributed by atoms with van der Waals surface area (Å²) < 4.78 is 0. The first-order valence-corrected chi connectivity index (χ1v) is 3.95. The second kappa shape index (κ2) is 2.43. The molecule has 1 fully saturated rings. The zero-order valence-electron chi connectivity index (χ0n) is 7.31. The molecule has 2 heteroatoms. The first-order chi connectivity index (χ1) is 4.93. The van der Waals surface area contributed by atoms with Crippen LogP contribution in [0.2, 0.25) is 0 Å². The normalized spacial score (nSPS) is 26.3. The Bertz CT molecular complexity index is 204. The summed E-state index contributed by atoms with van der Waals surface area (Å²) in [5, 5.41) is 0. The number of carbonyl (C=O) groups is 2. The molecule has 1 aliphatic carbocycles. The highest BCUT2D eigenvalue weighted by Gasteiger charge is 2.49. The third-order valence-electron chi connectivity index (χ3n) is 2.33. The van der Waals surface area contributed by atoms with E-state index in [0.717, 1.165) is 6.42 Å². The van der Waals surface area contributed by atoms with E-state index in [9.17, 15) is 9.59 Å². The van der Waals surface area contributed by atoms with Crippen LogP contribution in [0, 0.1) is 11.3 Å². The molecule has 0 heterocycles. The molecule has 11 heavy (non-hydrogen) atoms. The number of carbonyl (C=O) groups excluding carboxylic acids is 2. The zero-order valence-corrected chi connectivity index (χ0v) is 7.31. The summed E-state index contributed by atoms with van der Waals surface area (Å²) >= 11 is 0. The molecule has 0 radical (unpaired) electrons. The van der Waals surface area contributed by atoms with Gasteiger partial charge in [-0.2, -0.15) is 0 Å². The highest BCUT2D eigenvalue weighted by molar-refractivity contribution is 6.00. The molecule has 1 atom stereocenters. The lowest BCUT2D eigenvalue weighted by Crippen LogP contribution is -2.09. The van der Waals surface area contributed by atoms with Crippen molar-refractivity contribution in [2.75, 3.05) is 0 Å². The maximum Gasteiger partial charge on any atom is 0.143 e. The maximum absolute atomic E-state index is 11.2. The lowest BCUT2D eigenvalue weighted by atomic mass is 10.0. The second-order valence-corrected chi connectivity index (χ2v) is 4.09. The molecule has 0 N–H and O–H groups in total. The summed E-state index contributed by atoms with van der Waals surface area (Å²) in [6.45, 7) is 5.60. The highest BCUT2D eigenvalue weighted by Crippen LogP contribution is 2.52. The fourth-order valence-electron chi connectivity index (χ4n) is 1.39. The molecular formula is C9H14O2. The van der Waals surface area contributed by atoms with Crippen molar-refractivity contribution in [2.24, 2.45) is 11.3 Å². The third-order valence-corrected chi connectivity index (χ3v) is 2.33. The van der Waals surface area contributed by atoms with E-state index in [1.54, 1.807) is 0 Å². The smallest absolute Gasteiger partial charge is 0.143 e. The van der Waals surface area contributed by atoms with Crippen molar-refractivity contribution in [3.8, 4) is 0 Å². The summed E-state index contributed by atoms with van der Waals surface area (Å²) in [5.41, 5.74) is 0.173. The highest BCUT2D eigenvalue weighted by atomic mass is 16.1. The lowest BCUT2D eigenvalue weighted by molar-refractivity contribution is -0.127. The lowest BCUT2D eigenvalue weighted by Gasteiger charge is -1.99. The first-order valence-electron chi connectivity index (χ1n) is 3.95. The van der Waals surface area contributed by atoms with Crippen molar-refractivity contribution in [1.82, 2.24) is 0 Å². The van der Waals surface area contributed by atoms with Crippen molar-refractivity contribution >= 4 is 11.6 Å². The van der Waals surface area contributed by atoms with Gasteiger partial charge in [0.05, 0.1) is 6.42 Å². The number of Topliss-reactive ketones (excluding diaryl/α,β-unsaturated/α-hetero) is 2. The first kappa shape index (κ1) is 8.44. The van der Waals surface area contributed by atoms with E-state index < -0.39 is 0 Å². The van der Waals surface area contributed by atoms with Gasteiger partial charge in [-0.1, -0.05) is 13.8 Å². The maximum atomic E-state index is 11.2. The summed E-state index contributed by atoms with van der Waals surface area (Å²) in [6, 6.07) is 0. The van der Waals surface area contributed by atoms with E-state index in [-0.39, 0.29) is 29.3 Å². The number of ketones is 2. The van der Waals surface area contributed by atoms with E-state index in [1.165, 1.54) is 6.92 Å².